The van der Waals surface area contributed by atoms with Gasteiger partial charge in [-0.05, 0) is 42.2 Å². The van der Waals surface area contributed by atoms with Crippen molar-refractivity contribution in [3.8, 4) is 0 Å². The second kappa shape index (κ2) is 6.44. The maximum atomic E-state index is 12.6. The summed E-state index contributed by atoms with van der Waals surface area (Å²) >= 11 is 1.65. The van der Waals surface area contributed by atoms with Crippen molar-refractivity contribution in [2.45, 2.75) is 44.2 Å². The Morgan fingerprint density at radius 2 is 2.29 bits per heavy atom. The van der Waals surface area contributed by atoms with E-state index in [1.54, 1.807) is 11.3 Å². The molecule has 2 N–H and O–H groups in total. The summed E-state index contributed by atoms with van der Waals surface area (Å²) in [5.41, 5.74) is 6.76. The lowest BCUT2D eigenvalue weighted by Gasteiger charge is -2.37. The number of rotatable bonds is 3. The Balaban J connectivity index is 1.65. The lowest BCUT2D eigenvalue weighted by Crippen LogP contribution is -2.49. The van der Waals surface area contributed by atoms with E-state index in [9.17, 15) is 4.79 Å². The van der Waals surface area contributed by atoms with Crippen molar-refractivity contribution in [1.82, 2.24) is 4.90 Å². The van der Waals surface area contributed by atoms with Gasteiger partial charge in [-0.25, -0.2) is 0 Å². The Labute approximate surface area is 129 Å². The molecule has 116 valence electrons. The summed E-state index contributed by atoms with van der Waals surface area (Å²) in [5.74, 6) is 0.0846. The van der Waals surface area contributed by atoms with E-state index < -0.39 is 0 Å². The second-order valence-electron chi connectivity index (χ2n) is 5.80. The van der Waals surface area contributed by atoms with Crippen LogP contribution in [-0.2, 0) is 14.3 Å². The molecular formula is C15H22N2O3S. The first kappa shape index (κ1) is 15.0. The third kappa shape index (κ3) is 3.29. The summed E-state index contributed by atoms with van der Waals surface area (Å²) < 4.78 is 11.7. The van der Waals surface area contributed by atoms with E-state index >= 15 is 0 Å². The summed E-state index contributed by atoms with van der Waals surface area (Å²) in [7, 11) is 0. The van der Waals surface area contributed by atoms with Crippen molar-refractivity contribution in [3.05, 3.63) is 22.4 Å². The summed E-state index contributed by atoms with van der Waals surface area (Å²) in [5, 5.41) is 4.12. The zero-order valence-electron chi connectivity index (χ0n) is 12.2. The zero-order chi connectivity index (χ0) is 14.8. The number of thiophene rings is 1. The highest BCUT2D eigenvalue weighted by atomic mass is 32.1. The normalized spacial score (nSPS) is 33.3. The standard InChI is InChI=1S/C15H22N2O3S/c1-10-7-17(8-14(19-10)11-4-5-21-9-11)15(18)13-3-2-12(6-16)20-13/h4-5,9-10,12-14H,2-3,6-8,16H2,1H3/t10?,12-,13+,14?/m1/s1. The van der Waals surface area contributed by atoms with Crippen LogP contribution < -0.4 is 5.73 Å². The van der Waals surface area contributed by atoms with Crippen molar-refractivity contribution < 1.29 is 14.3 Å². The minimum atomic E-state index is -0.327. The molecule has 0 aromatic carbocycles. The maximum Gasteiger partial charge on any atom is 0.251 e. The number of amides is 1. The van der Waals surface area contributed by atoms with Crippen molar-refractivity contribution in [2.24, 2.45) is 5.73 Å². The smallest absolute Gasteiger partial charge is 0.251 e. The van der Waals surface area contributed by atoms with Gasteiger partial charge in [-0.15, -0.1) is 0 Å². The van der Waals surface area contributed by atoms with Gasteiger partial charge in [-0.1, -0.05) is 0 Å². The minimum Gasteiger partial charge on any atom is -0.367 e. The van der Waals surface area contributed by atoms with Crippen LogP contribution in [0.4, 0.5) is 0 Å². The summed E-state index contributed by atoms with van der Waals surface area (Å²) in [6.45, 7) is 3.73. The molecule has 21 heavy (non-hydrogen) atoms. The monoisotopic (exact) mass is 310 g/mol. The van der Waals surface area contributed by atoms with Gasteiger partial charge in [0.2, 0.25) is 0 Å². The molecule has 6 heteroatoms. The van der Waals surface area contributed by atoms with Gasteiger partial charge >= 0.3 is 0 Å². The van der Waals surface area contributed by atoms with Crippen LogP contribution in [0.2, 0.25) is 0 Å². The lowest BCUT2D eigenvalue weighted by atomic mass is 10.1. The number of nitrogens with two attached hydrogens (primary N) is 1. The van der Waals surface area contributed by atoms with Gasteiger partial charge in [-0.3, -0.25) is 4.79 Å². The molecule has 0 bridgehead atoms. The first-order chi connectivity index (χ1) is 10.2. The number of ether oxygens (including phenoxy) is 2. The number of morpholine rings is 1. The van der Waals surface area contributed by atoms with Crippen LogP contribution in [0, 0.1) is 0 Å². The van der Waals surface area contributed by atoms with Crippen molar-refractivity contribution >= 4 is 17.2 Å². The number of hydrogen-bond donors (Lipinski definition) is 1. The Bertz CT molecular complexity index is 479. The Kier molecular flexibility index (Phi) is 4.59. The van der Waals surface area contributed by atoms with Crippen molar-refractivity contribution in [1.29, 1.82) is 0 Å². The summed E-state index contributed by atoms with van der Waals surface area (Å²) in [6, 6.07) is 2.06. The third-order valence-corrected chi connectivity index (χ3v) is 4.83. The fourth-order valence-corrected chi connectivity index (χ4v) is 3.74. The molecule has 1 aromatic heterocycles. The molecule has 0 aliphatic carbocycles. The van der Waals surface area contributed by atoms with Crippen molar-refractivity contribution in [3.63, 3.8) is 0 Å². The fraction of sp³-hybridized carbons (Fsp3) is 0.667. The molecule has 5 nitrogen and oxygen atoms in total. The SMILES string of the molecule is CC1CN(C(=O)[C@@H]2CC[C@H](CN)O2)CC(c2ccsc2)O1. The largest absolute Gasteiger partial charge is 0.367 e. The van der Waals surface area contributed by atoms with E-state index in [0.717, 1.165) is 18.4 Å². The van der Waals surface area contributed by atoms with Crippen molar-refractivity contribution in [2.75, 3.05) is 19.6 Å². The Morgan fingerprint density at radius 3 is 2.95 bits per heavy atom. The maximum absolute atomic E-state index is 12.6. The Morgan fingerprint density at radius 1 is 1.43 bits per heavy atom. The third-order valence-electron chi connectivity index (χ3n) is 4.13. The molecular weight excluding hydrogens is 288 g/mol. The first-order valence-corrected chi connectivity index (χ1v) is 8.43. The average Bonchev–Trinajstić information content (AvgIpc) is 3.17. The topological polar surface area (TPSA) is 64.8 Å². The number of hydrogen-bond acceptors (Lipinski definition) is 5. The highest BCUT2D eigenvalue weighted by Crippen LogP contribution is 2.29. The van der Waals surface area contributed by atoms with E-state index in [1.807, 2.05) is 17.2 Å². The predicted molar refractivity (Wildman–Crippen MR) is 81.1 cm³/mol. The summed E-state index contributed by atoms with van der Waals surface area (Å²) in [4.78, 5) is 14.5. The molecule has 0 spiro atoms. The quantitative estimate of drug-likeness (QED) is 0.920. The molecule has 1 aromatic rings. The minimum absolute atomic E-state index is 0.0318. The summed E-state index contributed by atoms with van der Waals surface area (Å²) in [6.07, 6.45) is 1.36. The molecule has 0 saturated carbocycles. The van der Waals surface area contributed by atoms with E-state index in [1.165, 1.54) is 0 Å². The van der Waals surface area contributed by atoms with Crippen LogP contribution in [0.15, 0.2) is 16.8 Å². The lowest BCUT2D eigenvalue weighted by molar-refractivity contribution is -0.155. The van der Waals surface area contributed by atoms with Crippen LogP contribution in [0.25, 0.3) is 0 Å². The first-order valence-electron chi connectivity index (χ1n) is 7.49. The predicted octanol–water partition coefficient (Wildman–Crippen LogP) is 1.54. The van der Waals surface area contributed by atoms with Crippen LogP contribution in [0.3, 0.4) is 0 Å². The van der Waals surface area contributed by atoms with Gasteiger partial charge in [0.1, 0.15) is 12.2 Å². The van der Waals surface area contributed by atoms with E-state index in [0.29, 0.717) is 19.6 Å². The van der Waals surface area contributed by atoms with Gasteiger partial charge < -0.3 is 20.1 Å². The molecule has 2 saturated heterocycles. The second-order valence-corrected chi connectivity index (χ2v) is 6.58. The highest BCUT2D eigenvalue weighted by molar-refractivity contribution is 7.07. The number of carbonyl (C=O) groups is 1. The molecule has 2 fully saturated rings. The fourth-order valence-electron chi connectivity index (χ4n) is 3.04. The van der Waals surface area contributed by atoms with Gasteiger partial charge in [0.25, 0.3) is 5.91 Å². The van der Waals surface area contributed by atoms with E-state index in [2.05, 4.69) is 11.4 Å². The molecule has 3 rings (SSSR count). The van der Waals surface area contributed by atoms with Crippen LogP contribution >= 0.6 is 11.3 Å². The van der Waals surface area contributed by atoms with Gasteiger partial charge in [0, 0.05) is 13.1 Å². The molecule has 3 heterocycles. The van der Waals surface area contributed by atoms with Gasteiger partial charge in [0.15, 0.2) is 0 Å². The number of nitrogens with zero attached hydrogens (tertiary/aromatic N) is 1. The molecule has 2 aliphatic heterocycles. The highest BCUT2D eigenvalue weighted by Gasteiger charge is 2.36. The van der Waals surface area contributed by atoms with E-state index in [-0.39, 0.29) is 30.3 Å². The van der Waals surface area contributed by atoms with Gasteiger partial charge in [0.05, 0.1) is 18.8 Å². The Hall–Kier alpha value is -0.950. The number of carbonyl (C=O) groups excluding carboxylic acids is 1. The average molecular weight is 310 g/mol. The van der Waals surface area contributed by atoms with Crippen LogP contribution in [0.5, 0.6) is 0 Å². The molecule has 1 amide bonds. The molecule has 4 atom stereocenters. The van der Waals surface area contributed by atoms with Crippen LogP contribution in [0.1, 0.15) is 31.4 Å². The van der Waals surface area contributed by atoms with E-state index in [4.69, 9.17) is 15.2 Å². The van der Waals surface area contributed by atoms with Gasteiger partial charge in [-0.2, -0.15) is 11.3 Å². The molecule has 2 aliphatic rings. The van der Waals surface area contributed by atoms with Crippen LogP contribution in [-0.4, -0.2) is 48.8 Å². The zero-order valence-corrected chi connectivity index (χ0v) is 13.1. The molecule has 0 radical (unpaired) electrons. The molecule has 2 unspecified atom stereocenters.